The Labute approximate surface area is 94.0 Å². The molecule has 0 bridgehead atoms. The van der Waals surface area contributed by atoms with Gasteiger partial charge in [0.2, 0.25) is 0 Å². The van der Waals surface area contributed by atoms with Gasteiger partial charge in [0.15, 0.2) is 0 Å². The quantitative estimate of drug-likeness (QED) is 0.711. The van der Waals surface area contributed by atoms with Crippen molar-refractivity contribution < 1.29 is 9.53 Å². The van der Waals surface area contributed by atoms with Crippen molar-refractivity contribution in [1.82, 2.24) is 4.90 Å². The summed E-state index contributed by atoms with van der Waals surface area (Å²) in [6, 6.07) is 7.85. The number of hydrogen-bond donors (Lipinski definition) is 1. The summed E-state index contributed by atoms with van der Waals surface area (Å²) in [7, 11) is 0. The van der Waals surface area contributed by atoms with Crippen LogP contribution in [0.25, 0.3) is 0 Å². The third-order valence-corrected chi connectivity index (χ3v) is 3.56. The largest absolute Gasteiger partial charge is 0.364 e. The number of carbonyl (C=O) groups is 1. The Balaban J connectivity index is 1.95. The van der Waals surface area contributed by atoms with E-state index in [1.807, 2.05) is 12.1 Å². The molecule has 4 nitrogen and oxygen atoms in total. The van der Waals surface area contributed by atoms with Gasteiger partial charge in [0.25, 0.3) is 0 Å². The Morgan fingerprint density at radius 2 is 2.25 bits per heavy atom. The SMILES string of the molecule is NC(=O)N1CCC2(C1)OCc1ccccc12. The van der Waals surface area contributed by atoms with Gasteiger partial charge in [-0.25, -0.2) is 4.79 Å². The highest BCUT2D eigenvalue weighted by Crippen LogP contribution is 2.42. The average Bonchev–Trinajstić information content (AvgIpc) is 2.87. The monoisotopic (exact) mass is 218 g/mol. The maximum atomic E-state index is 11.1. The lowest BCUT2D eigenvalue weighted by atomic mass is 9.92. The van der Waals surface area contributed by atoms with Crippen LogP contribution in [0.2, 0.25) is 0 Å². The molecule has 1 aromatic carbocycles. The second-order valence-corrected chi connectivity index (χ2v) is 4.45. The smallest absolute Gasteiger partial charge is 0.314 e. The van der Waals surface area contributed by atoms with Crippen molar-refractivity contribution in [2.24, 2.45) is 5.73 Å². The van der Waals surface area contributed by atoms with Crippen molar-refractivity contribution in [2.45, 2.75) is 18.6 Å². The van der Waals surface area contributed by atoms with E-state index in [1.165, 1.54) is 11.1 Å². The number of urea groups is 1. The summed E-state index contributed by atoms with van der Waals surface area (Å²) in [6.45, 7) is 1.91. The molecule has 2 aliphatic heterocycles. The average molecular weight is 218 g/mol. The van der Waals surface area contributed by atoms with Crippen molar-refractivity contribution in [3.05, 3.63) is 35.4 Å². The van der Waals surface area contributed by atoms with Gasteiger partial charge in [-0.15, -0.1) is 0 Å². The summed E-state index contributed by atoms with van der Waals surface area (Å²) in [4.78, 5) is 12.8. The molecule has 1 unspecified atom stereocenters. The minimum absolute atomic E-state index is 0.300. The lowest BCUT2D eigenvalue weighted by molar-refractivity contribution is -0.0270. The predicted molar refractivity (Wildman–Crippen MR) is 58.7 cm³/mol. The maximum Gasteiger partial charge on any atom is 0.314 e. The number of nitrogens with zero attached hydrogens (tertiary/aromatic N) is 1. The molecule has 0 saturated carbocycles. The molecular formula is C12H14N2O2. The fourth-order valence-electron chi connectivity index (χ4n) is 2.69. The van der Waals surface area contributed by atoms with Crippen molar-refractivity contribution in [1.29, 1.82) is 0 Å². The van der Waals surface area contributed by atoms with Gasteiger partial charge in [0.05, 0.1) is 13.2 Å². The number of hydrogen-bond acceptors (Lipinski definition) is 2. The van der Waals surface area contributed by atoms with Gasteiger partial charge in [0, 0.05) is 13.0 Å². The van der Waals surface area contributed by atoms with E-state index < -0.39 is 0 Å². The molecule has 4 heteroatoms. The molecule has 84 valence electrons. The third-order valence-electron chi connectivity index (χ3n) is 3.56. The van der Waals surface area contributed by atoms with Crippen molar-refractivity contribution >= 4 is 6.03 Å². The lowest BCUT2D eigenvalue weighted by Gasteiger charge is -2.24. The van der Waals surface area contributed by atoms with Crippen LogP contribution in [0.5, 0.6) is 0 Å². The molecule has 0 aromatic heterocycles. The Hall–Kier alpha value is -1.55. The number of likely N-dealkylation sites (tertiary alicyclic amines) is 1. The normalized spacial score (nSPS) is 27.4. The number of nitrogens with two attached hydrogens (primary N) is 1. The van der Waals surface area contributed by atoms with Crippen LogP contribution >= 0.6 is 0 Å². The number of fused-ring (bicyclic) bond motifs is 2. The minimum Gasteiger partial charge on any atom is -0.364 e. The topological polar surface area (TPSA) is 55.6 Å². The van der Waals surface area contributed by atoms with Crippen molar-refractivity contribution in [2.75, 3.05) is 13.1 Å². The molecule has 2 aliphatic rings. The number of primary amides is 1. The van der Waals surface area contributed by atoms with E-state index in [0.717, 1.165) is 6.42 Å². The summed E-state index contributed by atoms with van der Waals surface area (Å²) in [5.74, 6) is 0. The molecule has 0 radical (unpaired) electrons. The van der Waals surface area contributed by atoms with Crippen LogP contribution in [0.1, 0.15) is 17.5 Å². The predicted octanol–water partition coefficient (Wildman–Crippen LogP) is 1.20. The van der Waals surface area contributed by atoms with Crippen molar-refractivity contribution in [3.63, 3.8) is 0 Å². The van der Waals surface area contributed by atoms with Crippen molar-refractivity contribution in [3.8, 4) is 0 Å². The molecule has 1 fully saturated rings. The highest BCUT2D eigenvalue weighted by Gasteiger charge is 2.46. The molecule has 2 heterocycles. The lowest BCUT2D eigenvalue weighted by Crippen LogP contribution is -2.37. The fraction of sp³-hybridized carbons (Fsp3) is 0.417. The van der Waals surface area contributed by atoms with Crippen LogP contribution in [0.3, 0.4) is 0 Å². The number of amides is 2. The second kappa shape index (κ2) is 3.22. The third kappa shape index (κ3) is 1.23. The first-order valence-electron chi connectivity index (χ1n) is 5.48. The van der Waals surface area contributed by atoms with Crippen LogP contribution in [-0.4, -0.2) is 24.0 Å². The molecule has 1 saturated heterocycles. The van der Waals surface area contributed by atoms with Gasteiger partial charge in [-0.1, -0.05) is 24.3 Å². The minimum atomic E-state index is -0.357. The van der Waals surface area contributed by atoms with E-state index in [-0.39, 0.29) is 11.6 Å². The van der Waals surface area contributed by atoms with Gasteiger partial charge >= 0.3 is 6.03 Å². The molecule has 16 heavy (non-hydrogen) atoms. The van der Waals surface area contributed by atoms with Gasteiger partial charge in [0.1, 0.15) is 5.60 Å². The molecule has 1 aromatic rings. The van der Waals surface area contributed by atoms with Gasteiger partial charge in [-0.2, -0.15) is 0 Å². The standard InChI is InChI=1S/C12H14N2O2/c13-11(15)14-6-5-12(8-14)10-4-2-1-3-9(10)7-16-12/h1-4H,5-8H2,(H2,13,15). The maximum absolute atomic E-state index is 11.1. The Morgan fingerprint density at radius 3 is 3.00 bits per heavy atom. The highest BCUT2D eigenvalue weighted by atomic mass is 16.5. The first kappa shape index (κ1) is 9.66. The van der Waals surface area contributed by atoms with Crippen LogP contribution in [0.15, 0.2) is 24.3 Å². The zero-order valence-electron chi connectivity index (χ0n) is 8.98. The van der Waals surface area contributed by atoms with Gasteiger partial charge in [-0.05, 0) is 11.1 Å². The Kier molecular flexibility index (Phi) is 1.94. The zero-order valence-corrected chi connectivity index (χ0v) is 8.98. The summed E-state index contributed by atoms with van der Waals surface area (Å²) in [5, 5.41) is 0. The van der Waals surface area contributed by atoms with E-state index in [2.05, 4.69) is 12.1 Å². The number of ether oxygens (including phenoxy) is 1. The molecular weight excluding hydrogens is 204 g/mol. The van der Waals surface area contributed by atoms with E-state index >= 15 is 0 Å². The summed E-state index contributed by atoms with van der Waals surface area (Å²) in [5.41, 5.74) is 7.45. The number of rotatable bonds is 0. The Bertz CT molecular complexity index is 446. The van der Waals surface area contributed by atoms with Crippen LogP contribution in [0, 0.1) is 0 Å². The molecule has 1 spiro atoms. The fourth-order valence-corrected chi connectivity index (χ4v) is 2.69. The van der Waals surface area contributed by atoms with Crippen LogP contribution in [-0.2, 0) is 16.9 Å². The second-order valence-electron chi connectivity index (χ2n) is 4.45. The Morgan fingerprint density at radius 1 is 1.44 bits per heavy atom. The summed E-state index contributed by atoms with van der Waals surface area (Å²) < 4.78 is 5.90. The van der Waals surface area contributed by atoms with E-state index in [4.69, 9.17) is 10.5 Å². The van der Waals surface area contributed by atoms with Gasteiger partial charge in [-0.3, -0.25) is 0 Å². The molecule has 1 atom stereocenters. The summed E-state index contributed by atoms with van der Waals surface area (Å²) >= 11 is 0. The van der Waals surface area contributed by atoms with E-state index in [9.17, 15) is 4.79 Å². The highest BCUT2D eigenvalue weighted by molar-refractivity contribution is 5.72. The number of carbonyl (C=O) groups excluding carboxylic acids is 1. The van der Waals surface area contributed by atoms with E-state index in [0.29, 0.717) is 19.7 Å². The van der Waals surface area contributed by atoms with E-state index in [1.54, 1.807) is 4.90 Å². The summed E-state index contributed by atoms with van der Waals surface area (Å²) in [6.07, 6.45) is 0.840. The first-order chi connectivity index (χ1) is 7.71. The molecule has 2 N–H and O–H groups in total. The number of benzene rings is 1. The first-order valence-corrected chi connectivity index (χ1v) is 5.48. The van der Waals surface area contributed by atoms with Gasteiger partial charge < -0.3 is 15.4 Å². The molecule has 2 amide bonds. The molecule has 0 aliphatic carbocycles. The molecule has 3 rings (SSSR count). The zero-order chi connectivity index (χ0) is 11.2. The van der Waals surface area contributed by atoms with Crippen LogP contribution in [0.4, 0.5) is 4.79 Å². The van der Waals surface area contributed by atoms with Crippen LogP contribution < -0.4 is 5.73 Å².